The Bertz CT molecular complexity index is 716. The van der Waals surface area contributed by atoms with Gasteiger partial charge in [-0.1, -0.05) is 24.3 Å². The van der Waals surface area contributed by atoms with Gasteiger partial charge in [-0.3, -0.25) is 9.69 Å². The highest BCUT2D eigenvalue weighted by Gasteiger charge is 2.20. The molecule has 26 heavy (non-hydrogen) atoms. The molecule has 1 aliphatic heterocycles. The summed E-state index contributed by atoms with van der Waals surface area (Å²) in [5.41, 5.74) is 2.88. The van der Waals surface area contributed by atoms with E-state index in [1.54, 1.807) is 7.11 Å². The molecule has 0 spiro atoms. The number of rotatable bonds is 5. The van der Waals surface area contributed by atoms with Crippen molar-refractivity contribution in [3.63, 3.8) is 0 Å². The van der Waals surface area contributed by atoms with Crippen LogP contribution in [0.5, 0.6) is 0 Å². The van der Waals surface area contributed by atoms with Crippen molar-refractivity contribution < 1.29 is 13.9 Å². The summed E-state index contributed by atoms with van der Waals surface area (Å²) in [5.74, 6) is -0.129. The van der Waals surface area contributed by atoms with Gasteiger partial charge in [0, 0.05) is 45.4 Å². The largest absolute Gasteiger partial charge is 0.380 e. The van der Waals surface area contributed by atoms with E-state index in [0.29, 0.717) is 13.2 Å². The Labute approximate surface area is 154 Å². The van der Waals surface area contributed by atoms with E-state index in [2.05, 4.69) is 4.90 Å². The van der Waals surface area contributed by atoms with Gasteiger partial charge in [-0.15, -0.1) is 0 Å². The summed E-state index contributed by atoms with van der Waals surface area (Å²) in [6, 6.07) is 14.3. The minimum Gasteiger partial charge on any atom is -0.380 e. The molecule has 3 rings (SSSR count). The number of methoxy groups -OCH3 is 1. The molecule has 0 saturated carbocycles. The summed E-state index contributed by atoms with van der Waals surface area (Å²) in [6.45, 7) is 4.57. The van der Waals surface area contributed by atoms with Crippen LogP contribution < -0.4 is 0 Å². The van der Waals surface area contributed by atoms with Crippen LogP contribution in [0, 0.1) is 5.82 Å². The molecule has 138 valence electrons. The molecule has 1 saturated heterocycles. The van der Waals surface area contributed by atoms with Crippen molar-refractivity contribution in [2.45, 2.75) is 19.6 Å². The van der Waals surface area contributed by atoms with E-state index in [1.807, 2.05) is 41.3 Å². The first-order chi connectivity index (χ1) is 12.7. The second-order valence-corrected chi connectivity index (χ2v) is 6.68. The molecule has 0 atom stereocenters. The predicted octanol–water partition coefficient (Wildman–Crippen LogP) is 3.32. The van der Waals surface area contributed by atoms with Crippen LogP contribution in [-0.2, 0) is 17.9 Å². The number of hydrogen-bond donors (Lipinski definition) is 0. The normalized spacial score (nSPS) is 15.7. The summed E-state index contributed by atoms with van der Waals surface area (Å²) >= 11 is 0. The zero-order valence-corrected chi connectivity index (χ0v) is 15.2. The molecule has 2 aromatic rings. The molecular formula is C21H25FN2O2. The van der Waals surface area contributed by atoms with E-state index in [-0.39, 0.29) is 11.7 Å². The fraction of sp³-hybridized carbons (Fsp3) is 0.381. The maximum atomic E-state index is 13.0. The minimum atomic E-state index is -0.210. The molecule has 2 aromatic carbocycles. The van der Waals surface area contributed by atoms with Crippen LogP contribution in [0.4, 0.5) is 4.39 Å². The van der Waals surface area contributed by atoms with Crippen molar-refractivity contribution in [2.24, 2.45) is 0 Å². The maximum Gasteiger partial charge on any atom is 0.253 e. The predicted molar refractivity (Wildman–Crippen MR) is 99.4 cm³/mol. The molecule has 1 heterocycles. The first-order valence-electron chi connectivity index (χ1n) is 8.99. The van der Waals surface area contributed by atoms with Gasteiger partial charge in [0.05, 0.1) is 6.61 Å². The van der Waals surface area contributed by atoms with Gasteiger partial charge in [0.25, 0.3) is 5.91 Å². The third-order valence-electron chi connectivity index (χ3n) is 4.71. The van der Waals surface area contributed by atoms with Crippen LogP contribution >= 0.6 is 0 Å². The number of carbonyl (C=O) groups is 1. The van der Waals surface area contributed by atoms with Gasteiger partial charge < -0.3 is 9.64 Å². The Balaban J connectivity index is 1.57. The van der Waals surface area contributed by atoms with Gasteiger partial charge in [0.2, 0.25) is 0 Å². The molecule has 0 N–H and O–H groups in total. The topological polar surface area (TPSA) is 32.8 Å². The summed E-state index contributed by atoms with van der Waals surface area (Å²) in [4.78, 5) is 17.0. The summed E-state index contributed by atoms with van der Waals surface area (Å²) < 4.78 is 18.1. The number of benzene rings is 2. The van der Waals surface area contributed by atoms with Crippen molar-refractivity contribution in [3.05, 3.63) is 71.0 Å². The van der Waals surface area contributed by atoms with Crippen molar-refractivity contribution in [1.29, 1.82) is 0 Å². The Morgan fingerprint density at radius 1 is 0.962 bits per heavy atom. The fourth-order valence-electron chi connectivity index (χ4n) is 3.27. The number of halogens is 1. The molecule has 4 nitrogen and oxygen atoms in total. The summed E-state index contributed by atoms with van der Waals surface area (Å²) in [5, 5.41) is 0. The van der Waals surface area contributed by atoms with Gasteiger partial charge >= 0.3 is 0 Å². The Hall–Kier alpha value is -2.24. The molecule has 5 heteroatoms. The van der Waals surface area contributed by atoms with E-state index in [0.717, 1.165) is 49.3 Å². The Morgan fingerprint density at radius 2 is 1.65 bits per heavy atom. The maximum absolute atomic E-state index is 13.0. The number of amides is 1. The lowest BCUT2D eigenvalue weighted by atomic mass is 10.1. The Kier molecular flexibility index (Phi) is 6.36. The number of hydrogen-bond acceptors (Lipinski definition) is 3. The number of ether oxygens (including phenoxy) is 1. The van der Waals surface area contributed by atoms with E-state index >= 15 is 0 Å². The number of nitrogens with zero attached hydrogens (tertiary/aromatic N) is 2. The zero-order chi connectivity index (χ0) is 18.4. The van der Waals surface area contributed by atoms with Gasteiger partial charge in [-0.25, -0.2) is 4.39 Å². The monoisotopic (exact) mass is 356 g/mol. The third kappa shape index (κ3) is 4.90. The van der Waals surface area contributed by atoms with Crippen LogP contribution in [0.3, 0.4) is 0 Å². The Morgan fingerprint density at radius 3 is 2.35 bits per heavy atom. The van der Waals surface area contributed by atoms with Crippen LogP contribution in [0.15, 0.2) is 48.5 Å². The van der Waals surface area contributed by atoms with Crippen molar-refractivity contribution >= 4 is 5.91 Å². The molecule has 1 fully saturated rings. The molecule has 0 radical (unpaired) electrons. The molecule has 1 amide bonds. The van der Waals surface area contributed by atoms with E-state index in [4.69, 9.17) is 4.74 Å². The fourth-order valence-corrected chi connectivity index (χ4v) is 3.27. The molecule has 0 unspecified atom stereocenters. The smallest absolute Gasteiger partial charge is 0.253 e. The lowest BCUT2D eigenvalue weighted by Gasteiger charge is -2.22. The van der Waals surface area contributed by atoms with Crippen LogP contribution in [-0.4, -0.2) is 49.0 Å². The van der Waals surface area contributed by atoms with Crippen LogP contribution in [0.1, 0.15) is 27.9 Å². The first kappa shape index (κ1) is 18.5. The molecule has 1 aliphatic rings. The molecule has 0 aliphatic carbocycles. The standard InChI is InChI=1S/C21H25FN2O2/c1-26-16-18-3-7-19(8-4-18)21(25)24-12-2-11-23(13-14-24)15-17-5-9-20(22)10-6-17/h3-10H,2,11-16H2,1H3. The first-order valence-corrected chi connectivity index (χ1v) is 8.99. The SMILES string of the molecule is COCc1ccc(C(=O)N2CCCN(Cc3ccc(F)cc3)CC2)cc1. The van der Waals surface area contributed by atoms with E-state index in [9.17, 15) is 9.18 Å². The second kappa shape index (κ2) is 8.92. The average Bonchev–Trinajstić information content (AvgIpc) is 2.90. The molecule has 0 bridgehead atoms. The van der Waals surface area contributed by atoms with Crippen LogP contribution in [0.2, 0.25) is 0 Å². The zero-order valence-electron chi connectivity index (χ0n) is 15.2. The quantitative estimate of drug-likeness (QED) is 0.824. The van der Waals surface area contributed by atoms with Gasteiger partial charge in [0.1, 0.15) is 5.82 Å². The molecule has 0 aromatic heterocycles. The van der Waals surface area contributed by atoms with E-state index < -0.39 is 0 Å². The van der Waals surface area contributed by atoms with Crippen LogP contribution in [0.25, 0.3) is 0 Å². The van der Waals surface area contributed by atoms with Crippen molar-refractivity contribution in [2.75, 3.05) is 33.3 Å². The molecular weight excluding hydrogens is 331 g/mol. The lowest BCUT2D eigenvalue weighted by molar-refractivity contribution is 0.0761. The van der Waals surface area contributed by atoms with Crippen molar-refractivity contribution in [1.82, 2.24) is 9.80 Å². The highest BCUT2D eigenvalue weighted by Crippen LogP contribution is 2.13. The third-order valence-corrected chi connectivity index (χ3v) is 4.71. The average molecular weight is 356 g/mol. The van der Waals surface area contributed by atoms with Gasteiger partial charge in [0.15, 0.2) is 0 Å². The number of carbonyl (C=O) groups excluding carboxylic acids is 1. The highest BCUT2D eigenvalue weighted by atomic mass is 19.1. The summed E-state index contributed by atoms with van der Waals surface area (Å²) in [6.07, 6.45) is 0.939. The lowest BCUT2D eigenvalue weighted by Crippen LogP contribution is -2.35. The van der Waals surface area contributed by atoms with E-state index in [1.165, 1.54) is 12.1 Å². The van der Waals surface area contributed by atoms with Gasteiger partial charge in [-0.05, 0) is 41.8 Å². The highest BCUT2D eigenvalue weighted by molar-refractivity contribution is 5.94. The van der Waals surface area contributed by atoms with Gasteiger partial charge in [-0.2, -0.15) is 0 Å². The van der Waals surface area contributed by atoms with Crippen molar-refractivity contribution in [3.8, 4) is 0 Å². The second-order valence-electron chi connectivity index (χ2n) is 6.68. The minimum absolute atomic E-state index is 0.0811. The summed E-state index contributed by atoms with van der Waals surface area (Å²) in [7, 11) is 1.66.